The Morgan fingerprint density at radius 3 is 2.50 bits per heavy atom. The number of hydrogen-bond donors (Lipinski definition) is 2. The molecule has 0 spiro atoms. The first kappa shape index (κ1) is 25.8. The number of alkyl halides is 5. The minimum Gasteiger partial charge on any atom is -0.356 e. The summed E-state index contributed by atoms with van der Waals surface area (Å²) in [6.07, 6.45) is -5.40. The molecule has 3 N–H and O–H groups in total. The van der Waals surface area contributed by atoms with E-state index in [1.54, 1.807) is 0 Å². The summed E-state index contributed by atoms with van der Waals surface area (Å²) in [6, 6.07) is 9.36. The average molecular weight is 529 g/mol. The number of anilines is 2. The van der Waals surface area contributed by atoms with Crippen LogP contribution in [0.5, 0.6) is 0 Å². The number of primary sulfonamides is 1. The van der Waals surface area contributed by atoms with Crippen LogP contribution in [-0.4, -0.2) is 38.3 Å². The maximum atomic E-state index is 14.0. The number of carbonyl (C=O) groups is 1. The molecule has 1 fully saturated rings. The topological polar surface area (TPSA) is 105 Å². The highest BCUT2D eigenvalue weighted by Crippen LogP contribution is 2.35. The summed E-state index contributed by atoms with van der Waals surface area (Å²) in [5, 5.41) is 7.89. The van der Waals surface area contributed by atoms with Crippen LogP contribution in [0.4, 0.5) is 33.5 Å². The number of pyridine rings is 1. The predicted octanol–water partition coefficient (Wildman–Crippen LogP) is 4.78. The average Bonchev–Trinajstić information content (AvgIpc) is 2.97. The minimum absolute atomic E-state index is 0.0420. The lowest BCUT2D eigenvalue weighted by atomic mass is 10.1. The van der Waals surface area contributed by atoms with Gasteiger partial charge < -0.3 is 10.2 Å². The highest BCUT2D eigenvalue weighted by Gasteiger charge is 2.34. The van der Waals surface area contributed by atoms with Gasteiger partial charge in [-0.1, -0.05) is 12.1 Å². The van der Waals surface area contributed by atoms with Gasteiger partial charge in [-0.15, -0.1) is 0 Å². The second-order valence-corrected chi connectivity index (χ2v) is 10.0. The smallest absolute Gasteiger partial charge is 0.356 e. The number of nitrogens with zero attached hydrogens (tertiary/aromatic N) is 2. The van der Waals surface area contributed by atoms with Crippen molar-refractivity contribution in [3.8, 4) is 0 Å². The quantitative estimate of drug-likeness (QED) is 0.475. The van der Waals surface area contributed by atoms with Gasteiger partial charge in [0.2, 0.25) is 15.9 Å². The predicted molar refractivity (Wildman–Crippen MR) is 124 cm³/mol. The Bertz CT molecular complexity index is 1430. The summed E-state index contributed by atoms with van der Waals surface area (Å²) in [4.78, 5) is 18.7. The van der Waals surface area contributed by atoms with E-state index in [4.69, 9.17) is 5.14 Å². The molecule has 1 saturated heterocycles. The lowest BCUT2D eigenvalue weighted by molar-refractivity contribution is -0.137. The van der Waals surface area contributed by atoms with Crippen molar-refractivity contribution in [3.05, 3.63) is 59.7 Å². The Balaban J connectivity index is 1.78. The third kappa shape index (κ3) is 5.73. The standard InChI is InChI=1S/C23H21F5N4O3S/c24-22(25)7-2-9-32(10-8-22)20-18(11-14-5-6-15(23(26,27)28)12-19(14)31-20)21(33)30-16-3-1-4-17(13-16)36(29,34)35/h1,3-6,11-13H,2,7-10H2,(H,30,33)(H2,29,34,35). The van der Waals surface area contributed by atoms with Crippen molar-refractivity contribution in [3.63, 3.8) is 0 Å². The van der Waals surface area contributed by atoms with Crippen LogP contribution >= 0.6 is 0 Å². The van der Waals surface area contributed by atoms with Crippen molar-refractivity contribution in [1.29, 1.82) is 0 Å². The maximum absolute atomic E-state index is 14.0. The van der Waals surface area contributed by atoms with Crippen molar-refractivity contribution in [2.45, 2.75) is 36.3 Å². The number of fused-ring (bicyclic) bond motifs is 1. The number of nitrogens with one attached hydrogen (secondary N) is 1. The number of sulfonamides is 1. The molecule has 192 valence electrons. The highest BCUT2D eigenvalue weighted by molar-refractivity contribution is 7.89. The Labute approximate surface area is 203 Å². The number of amides is 1. The lowest BCUT2D eigenvalue weighted by Crippen LogP contribution is -2.29. The van der Waals surface area contributed by atoms with Crippen molar-refractivity contribution in [1.82, 2.24) is 4.98 Å². The first-order valence-corrected chi connectivity index (χ1v) is 12.4. The monoisotopic (exact) mass is 528 g/mol. The van der Waals surface area contributed by atoms with Crippen LogP contribution < -0.4 is 15.4 Å². The van der Waals surface area contributed by atoms with E-state index < -0.39 is 40.0 Å². The van der Waals surface area contributed by atoms with E-state index in [9.17, 15) is 35.2 Å². The minimum atomic E-state index is -4.62. The number of aromatic nitrogens is 1. The molecule has 13 heteroatoms. The molecule has 2 aromatic carbocycles. The normalized spacial score (nSPS) is 16.6. The molecule has 1 amide bonds. The van der Waals surface area contributed by atoms with Crippen LogP contribution in [0.25, 0.3) is 10.9 Å². The highest BCUT2D eigenvalue weighted by atomic mass is 32.2. The fourth-order valence-corrected chi connectivity index (χ4v) is 4.53. The summed E-state index contributed by atoms with van der Waals surface area (Å²) < 4.78 is 90.9. The van der Waals surface area contributed by atoms with Crippen molar-refractivity contribution in [2.75, 3.05) is 23.3 Å². The second kappa shape index (κ2) is 9.28. The number of hydrogen-bond acceptors (Lipinski definition) is 5. The molecular weight excluding hydrogens is 507 g/mol. The molecule has 0 bridgehead atoms. The van der Waals surface area contributed by atoms with E-state index >= 15 is 0 Å². The van der Waals surface area contributed by atoms with Crippen LogP contribution in [0.2, 0.25) is 0 Å². The van der Waals surface area contributed by atoms with Gasteiger partial charge >= 0.3 is 6.18 Å². The molecule has 0 saturated carbocycles. The Kier molecular flexibility index (Phi) is 6.64. The van der Waals surface area contributed by atoms with E-state index in [2.05, 4.69) is 10.3 Å². The molecule has 7 nitrogen and oxygen atoms in total. The molecule has 0 aliphatic carbocycles. The van der Waals surface area contributed by atoms with E-state index in [1.165, 1.54) is 35.2 Å². The van der Waals surface area contributed by atoms with Crippen LogP contribution in [0.1, 0.15) is 35.2 Å². The van der Waals surface area contributed by atoms with Crippen molar-refractivity contribution in [2.24, 2.45) is 5.14 Å². The molecule has 0 radical (unpaired) electrons. The van der Waals surface area contributed by atoms with Gasteiger partial charge in [-0.05, 0) is 42.8 Å². The fourth-order valence-electron chi connectivity index (χ4n) is 3.97. The number of rotatable bonds is 4. The van der Waals surface area contributed by atoms with E-state index in [1.807, 2.05) is 0 Å². The molecular formula is C23H21F5N4O3S. The third-order valence-electron chi connectivity index (χ3n) is 5.81. The largest absolute Gasteiger partial charge is 0.416 e. The number of benzene rings is 2. The second-order valence-electron chi connectivity index (χ2n) is 8.49. The SMILES string of the molecule is NS(=O)(=O)c1cccc(NC(=O)c2cc3ccc(C(F)(F)F)cc3nc2N2CCCC(F)(F)CC2)c1. The fraction of sp³-hybridized carbons (Fsp3) is 0.304. The molecule has 0 unspecified atom stereocenters. The molecule has 0 atom stereocenters. The molecule has 2 heterocycles. The Morgan fingerprint density at radius 2 is 1.81 bits per heavy atom. The number of halogens is 5. The first-order valence-electron chi connectivity index (χ1n) is 10.8. The van der Waals surface area contributed by atoms with Gasteiger partial charge in [0.1, 0.15) is 5.82 Å². The zero-order valence-electron chi connectivity index (χ0n) is 18.6. The summed E-state index contributed by atoms with van der Waals surface area (Å²) in [5.41, 5.74) is -0.961. The van der Waals surface area contributed by atoms with Crippen molar-refractivity contribution < 1.29 is 35.2 Å². The van der Waals surface area contributed by atoms with Crippen molar-refractivity contribution >= 4 is 38.3 Å². The maximum Gasteiger partial charge on any atom is 0.416 e. The first-order chi connectivity index (χ1) is 16.7. The summed E-state index contributed by atoms with van der Waals surface area (Å²) in [5.74, 6) is -3.70. The number of nitrogens with two attached hydrogens (primary N) is 1. The zero-order chi connectivity index (χ0) is 26.3. The van der Waals surface area contributed by atoms with Gasteiger partial charge in [-0.3, -0.25) is 4.79 Å². The lowest BCUT2D eigenvalue weighted by Gasteiger charge is -2.24. The van der Waals surface area contributed by atoms with Gasteiger partial charge in [0.25, 0.3) is 5.91 Å². The van der Waals surface area contributed by atoms with Gasteiger partial charge in [-0.2, -0.15) is 13.2 Å². The molecule has 1 aliphatic heterocycles. The molecule has 1 aliphatic rings. The third-order valence-corrected chi connectivity index (χ3v) is 6.72. The number of carbonyl (C=O) groups excluding carboxylic acids is 1. The van der Waals surface area contributed by atoms with Gasteiger partial charge in [0.05, 0.1) is 21.5 Å². The van der Waals surface area contributed by atoms with Crippen LogP contribution in [0.3, 0.4) is 0 Å². The van der Waals surface area contributed by atoms with Crippen LogP contribution in [-0.2, 0) is 16.2 Å². The van der Waals surface area contributed by atoms with Crippen LogP contribution in [0, 0.1) is 0 Å². The Morgan fingerprint density at radius 1 is 1.06 bits per heavy atom. The summed E-state index contributed by atoms with van der Waals surface area (Å²) in [6.45, 7) is -0.0418. The molecule has 36 heavy (non-hydrogen) atoms. The van der Waals surface area contributed by atoms with Gasteiger partial charge in [0.15, 0.2) is 0 Å². The summed E-state index contributed by atoms with van der Waals surface area (Å²) >= 11 is 0. The van der Waals surface area contributed by atoms with E-state index in [-0.39, 0.29) is 58.8 Å². The van der Waals surface area contributed by atoms with Gasteiger partial charge in [0, 0.05) is 37.0 Å². The molecule has 1 aromatic heterocycles. The van der Waals surface area contributed by atoms with E-state index in [0.29, 0.717) is 0 Å². The summed E-state index contributed by atoms with van der Waals surface area (Å²) in [7, 11) is -4.05. The van der Waals surface area contributed by atoms with Gasteiger partial charge in [-0.25, -0.2) is 27.3 Å². The molecule has 4 rings (SSSR count). The molecule has 3 aromatic rings. The zero-order valence-corrected chi connectivity index (χ0v) is 19.5. The van der Waals surface area contributed by atoms with Crippen LogP contribution in [0.15, 0.2) is 53.4 Å². The van der Waals surface area contributed by atoms with E-state index in [0.717, 1.165) is 18.2 Å². The Hall–Kier alpha value is -3.32.